The number of halogens is 1. The van der Waals surface area contributed by atoms with Gasteiger partial charge in [-0.1, -0.05) is 18.5 Å². The van der Waals surface area contributed by atoms with Gasteiger partial charge < -0.3 is 9.64 Å². The number of nitrogens with zero attached hydrogens (tertiary/aromatic N) is 1. The minimum Gasteiger partial charge on any atom is -0.496 e. The van der Waals surface area contributed by atoms with Gasteiger partial charge in [-0.15, -0.1) is 0 Å². The lowest BCUT2D eigenvalue weighted by Gasteiger charge is -2.32. The van der Waals surface area contributed by atoms with E-state index in [1.165, 1.54) is 7.11 Å². The smallest absolute Gasteiger partial charge is 0.257 e. The molecule has 0 radical (unpaired) electrons. The summed E-state index contributed by atoms with van der Waals surface area (Å²) in [5, 5.41) is 0.507. The summed E-state index contributed by atoms with van der Waals surface area (Å²) in [6.07, 6.45) is 1.79. The summed E-state index contributed by atoms with van der Waals surface area (Å²) in [5.74, 6) is 0.449. The maximum Gasteiger partial charge on any atom is 0.257 e. The average Bonchev–Trinajstić information content (AvgIpc) is 2.54. The van der Waals surface area contributed by atoms with E-state index in [0.29, 0.717) is 48.7 Å². The monoisotopic (exact) mass is 374 g/mol. The number of nitrogens with one attached hydrogen (secondary N) is 1. The molecule has 6 nitrogen and oxygen atoms in total. The third-order valence-electron chi connectivity index (χ3n) is 4.00. The molecule has 0 spiro atoms. The first-order valence-electron chi connectivity index (χ1n) is 7.99. The number of sulfonamides is 1. The molecule has 1 fully saturated rings. The van der Waals surface area contributed by atoms with Crippen molar-refractivity contribution in [2.75, 3.05) is 26.0 Å². The van der Waals surface area contributed by atoms with E-state index in [9.17, 15) is 13.2 Å². The van der Waals surface area contributed by atoms with Crippen molar-refractivity contribution in [1.82, 2.24) is 9.62 Å². The van der Waals surface area contributed by atoms with Gasteiger partial charge in [0.05, 0.1) is 18.4 Å². The minimum atomic E-state index is -3.22. The number of hydrogen-bond donors (Lipinski definition) is 1. The predicted octanol–water partition coefficient (Wildman–Crippen LogP) is 2.28. The van der Waals surface area contributed by atoms with Gasteiger partial charge in [-0.05, 0) is 37.5 Å². The van der Waals surface area contributed by atoms with Crippen LogP contribution >= 0.6 is 11.6 Å². The Hall–Kier alpha value is -1.31. The van der Waals surface area contributed by atoms with Crippen molar-refractivity contribution >= 4 is 27.5 Å². The molecule has 0 atom stereocenters. The summed E-state index contributed by atoms with van der Waals surface area (Å²) in [7, 11) is -1.73. The number of hydrogen-bond acceptors (Lipinski definition) is 4. The minimum absolute atomic E-state index is 0.113. The fourth-order valence-corrected chi connectivity index (χ4v) is 4.36. The van der Waals surface area contributed by atoms with Gasteiger partial charge in [0.15, 0.2) is 0 Å². The zero-order valence-corrected chi connectivity index (χ0v) is 15.5. The van der Waals surface area contributed by atoms with Gasteiger partial charge in [0.1, 0.15) is 5.75 Å². The molecular weight excluding hydrogens is 352 g/mol. The van der Waals surface area contributed by atoms with Gasteiger partial charge in [-0.3, -0.25) is 4.79 Å². The summed E-state index contributed by atoms with van der Waals surface area (Å²) < 4.78 is 31.6. The molecule has 0 bridgehead atoms. The number of piperidine rings is 1. The molecule has 1 aromatic rings. The number of carbonyl (C=O) groups excluding carboxylic acids is 1. The molecule has 1 amide bonds. The van der Waals surface area contributed by atoms with Crippen molar-refractivity contribution < 1.29 is 17.9 Å². The van der Waals surface area contributed by atoms with Crippen LogP contribution in [0.25, 0.3) is 0 Å². The van der Waals surface area contributed by atoms with Crippen molar-refractivity contribution in [2.24, 2.45) is 0 Å². The van der Waals surface area contributed by atoms with Crippen LogP contribution in [0.5, 0.6) is 5.75 Å². The third kappa shape index (κ3) is 4.84. The third-order valence-corrected chi connectivity index (χ3v) is 5.87. The van der Waals surface area contributed by atoms with Gasteiger partial charge in [0.2, 0.25) is 10.0 Å². The molecule has 24 heavy (non-hydrogen) atoms. The van der Waals surface area contributed by atoms with E-state index in [4.69, 9.17) is 16.3 Å². The highest BCUT2D eigenvalue weighted by Gasteiger charge is 2.27. The highest BCUT2D eigenvalue weighted by atomic mass is 35.5. The number of methoxy groups -OCH3 is 1. The SMILES string of the molecule is CCCS(=O)(=O)NC1CCN(C(=O)c2ccc(Cl)cc2OC)CC1. The summed E-state index contributed by atoms with van der Waals surface area (Å²) >= 11 is 5.92. The Morgan fingerprint density at radius 1 is 1.38 bits per heavy atom. The van der Waals surface area contributed by atoms with Crippen LogP contribution in [0.3, 0.4) is 0 Å². The molecule has 0 saturated carbocycles. The van der Waals surface area contributed by atoms with Gasteiger partial charge in [-0.2, -0.15) is 0 Å². The van der Waals surface area contributed by atoms with E-state index >= 15 is 0 Å². The Morgan fingerprint density at radius 3 is 2.62 bits per heavy atom. The van der Waals surface area contributed by atoms with Gasteiger partial charge in [0, 0.05) is 24.2 Å². The zero-order valence-electron chi connectivity index (χ0n) is 13.9. The maximum atomic E-state index is 12.6. The molecular formula is C16H23ClN2O4S. The molecule has 1 saturated heterocycles. The molecule has 8 heteroatoms. The number of benzene rings is 1. The van der Waals surface area contributed by atoms with Crippen LogP contribution in [0.2, 0.25) is 5.02 Å². The number of rotatable bonds is 6. The summed E-state index contributed by atoms with van der Waals surface area (Å²) in [4.78, 5) is 14.4. The topological polar surface area (TPSA) is 75.7 Å². The highest BCUT2D eigenvalue weighted by molar-refractivity contribution is 7.89. The number of carbonyl (C=O) groups is 1. The van der Waals surface area contributed by atoms with Gasteiger partial charge in [-0.25, -0.2) is 13.1 Å². The lowest BCUT2D eigenvalue weighted by molar-refractivity contribution is 0.0708. The maximum absolute atomic E-state index is 12.6. The Balaban J connectivity index is 1.98. The lowest BCUT2D eigenvalue weighted by Crippen LogP contribution is -2.47. The Kier molecular flexibility index (Phi) is 6.48. The first-order valence-corrected chi connectivity index (χ1v) is 10.0. The number of likely N-dealkylation sites (tertiary alicyclic amines) is 1. The number of amides is 1. The first kappa shape index (κ1) is 19.0. The van der Waals surface area contributed by atoms with Gasteiger partial charge >= 0.3 is 0 Å². The predicted molar refractivity (Wildman–Crippen MR) is 94.1 cm³/mol. The highest BCUT2D eigenvalue weighted by Crippen LogP contribution is 2.25. The molecule has 1 aliphatic rings. The van der Waals surface area contributed by atoms with E-state index in [-0.39, 0.29) is 17.7 Å². The summed E-state index contributed by atoms with van der Waals surface area (Å²) in [6.45, 7) is 2.84. The zero-order chi connectivity index (χ0) is 17.7. The normalized spacial score (nSPS) is 16.2. The van der Waals surface area contributed by atoms with Crippen molar-refractivity contribution in [3.05, 3.63) is 28.8 Å². The van der Waals surface area contributed by atoms with Crippen molar-refractivity contribution in [2.45, 2.75) is 32.2 Å². The molecule has 2 rings (SSSR count). The lowest BCUT2D eigenvalue weighted by atomic mass is 10.0. The van der Waals surface area contributed by atoms with Crippen LogP contribution in [0, 0.1) is 0 Å². The second-order valence-electron chi connectivity index (χ2n) is 5.85. The molecule has 0 aliphatic carbocycles. The Bertz CT molecular complexity index is 685. The van der Waals surface area contributed by atoms with Crippen LogP contribution in [0.4, 0.5) is 0 Å². The van der Waals surface area contributed by atoms with Crippen molar-refractivity contribution in [1.29, 1.82) is 0 Å². The molecule has 0 unspecified atom stereocenters. The van der Waals surface area contributed by atoms with Gasteiger partial charge in [0.25, 0.3) is 5.91 Å². The van der Waals surface area contributed by atoms with Crippen LogP contribution in [-0.2, 0) is 10.0 Å². The largest absolute Gasteiger partial charge is 0.496 e. The number of ether oxygens (including phenoxy) is 1. The second kappa shape index (κ2) is 8.18. The van der Waals surface area contributed by atoms with Crippen LogP contribution in [-0.4, -0.2) is 51.2 Å². The standard InChI is InChI=1S/C16H23ClN2O4S/c1-3-10-24(21,22)18-13-6-8-19(9-7-13)16(20)14-5-4-12(17)11-15(14)23-2/h4-5,11,13,18H,3,6-10H2,1-2H3. The van der Waals surface area contributed by atoms with E-state index < -0.39 is 10.0 Å². The van der Waals surface area contributed by atoms with Crippen molar-refractivity contribution in [3.8, 4) is 5.75 Å². The van der Waals surface area contributed by atoms with Crippen LogP contribution in [0.15, 0.2) is 18.2 Å². The van der Waals surface area contributed by atoms with E-state index in [0.717, 1.165) is 0 Å². The van der Waals surface area contributed by atoms with E-state index in [1.807, 2.05) is 6.92 Å². The first-order chi connectivity index (χ1) is 11.4. The van der Waals surface area contributed by atoms with E-state index in [1.54, 1.807) is 23.1 Å². The fourth-order valence-electron chi connectivity index (χ4n) is 2.79. The molecule has 1 aromatic carbocycles. The Morgan fingerprint density at radius 2 is 2.04 bits per heavy atom. The molecule has 1 heterocycles. The van der Waals surface area contributed by atoms with E-state index in [2.05, 4.69) is 4.72 Å². The summed E-state index contributed by atoms with van der Waals surface area (Å²) in [5.41, 5.74) is 0.465. The summed E-state index contributed by atoms with van der Waals surface area (Å²) in [6, 6.07) is 4.81. The quantitative estimate of drug-likeness (QED) is 0.828. The molecule has 134 valence electrons. The Labute approximate surface area is 148 Å². The van der Waals surface area contributed by atoms with Crippen LogP contribution in [0.1, 0.15) is 36.5 Å². The fraction of sp³-hybridized carbons (Fsp3) is 0.562. The average molecular weight is 375 g/mol. The van der Waals surface area contributed by atoms with Crippen LogP contribution < -0.4 is 9.46 Å². The second-order valence-corrected chi connectivity index (χ2v) is 8.16. The molecule has 1 aliphatic heterocycles. The molecule has 1 N–H and O–H groups in total. The molecule has 0 aromatic heterocycles. The van der Waals surface area contributed by atoms with Crippen molar-refractivity contribution in [3.63, 3.8) is 0 Å².